The maximum atomic E-state index is 12.1. The van der Waals surface area contributed by atoms with Crippen molar-refractivity contribution in [3.8, 4) is 0 Å². The van der Waals surface area contributed by atoms with Gasteiger partial charge in [0.15, 0.2) is 0 Å². The van der Waals surface area contributed by atoms with E-state index in [4.69, 9.17) is 5.73 Å². The van der Waals surface area contributed by atoms with E-state index in [0.717, 1.165) is 19.3 Å². The van der Waals surface area contributed by atoms with Crippen molar-refractivity contribution in [1.29, 1.82) is 0 Å². The summed E-state index contributed by atoms with van der Waals surface area (Å²) < 4.78 is 25.9. The molecule has 1 fully saturated rings. The zero-order valence-electron chi connectivity index (χ0n) is 11.6. The Morgan fingerprint density at radius 3 is 2.44 bits per heavy atom. The van der Waals surface area contributed by atoms with Crippen LogP contribution in [0.1, 0.15) is 40.0 Å². The van der Waals surface area contributed by atoms with E-state index in [1.807, 2.05) is 6.92 Å². The number of nitrogens with zero attached hydrogens (tertiary/aromatic N) is 1. The van der Waals surface area contributed by atoms with Crippen LogP contribution >= 0.6 is 12.4 Å². The van der Waals surface area contributed by atoms with Crippen LogP contribution in [0.25, 0.3) is 0 Å². The van der Waals surface area contributed by atoms with Gasteiger partial charge in [0.2, 0.25) is 10.0 Å². The number of rotatable bonds is 5. The Labute approximate surface area is 118 Å². The van der Waals surface area contributed by atoms with Crippen LogP contribution < -0.4 is 5.73 Å². The predicted octanol–water partition coefficient (Wildman–Crippen LogP) is 1.84. The minimum atomic E-state index is -3.07. The third kappa shape index (κ3) is 5.43. The van der Waals surface area contributed by atoms with E-state index >= 15 is 0 Å². The fourth-order valence-electron chi connectivity index (χ4n) is 2.17. The molecule has 0 aliphatic carbocycles. The topological polar surface area (TPSA) is 63.4 Å². The zero-order valence-corrected chi connectivity index (χ0v) is 13.3. The van der Waals surface area contributed by atoms with E-state index in [-0.39, 0.29) is 24.2 Å². The molecule has 2 N–H and O–H groups in total. The van der Waals surface area contributed by atoms with E-state index in [9.17, 15) is 8.42 Å². The Morgan fingerprint density at radius 1 is 1.33 bits per heavy atom. The Kier molecular flexibility index (Phi) is 7.75. The second-order valence-corrected chi connectivity index (χ2v) is 7.71. The minimum absolute atomic E-state index is 0. The van der Waals surface area contributed by atoms with Crippen molar-refractivity contribution in [2.75, 3.05) is 18.8 Å². The van der Waals surface area contributed by atoms with Gasteiger partial charge in [0.1, 0.15) is 0 Å². The van der Waals surface area contributed by atoms with Crippen LogP contribution in [-0.2, 0) is 10.0 Å². The predicted molar refractivity (Wildman–Crippen MR) is 78.4 cm³/mol. The molecular formula is C12H27ClN2O2S. The van der Waals surface area contributed by atoms with Gasteiger partial charge in [0, 0.05) is 19.1 Å². The highest BCUT2D eigenvalue weighted by atomic mass is 35.5. The molecule has 2 atom stereocenters. The highest BCUT2D eigenvalue weighted by Crippen LogP contribution is 2.22. The number of hydrogen-bond acceptors (Lipinski definition) is 3. The first-order chi connectivity index (χ1) is 7.83. The van der Waals surface area contributed by atoms with E-state index in [2.05, 4.69) is 13.8 Å². The third-order valence-electron chi connectivity index (χ3n) is 3.51. The number of hydrogen-bond donors (Lipinski definition) is 1. The lowest BCUT2D eigenvalue weighted by Crippen LogP contribution is -2.45. The van der Waals surface area contributed by atoms with E-state index in [0.29, 0.717) is 24.9 Å². The van der Waals surface area contributed by atoms with Crippen molar-refractivity contribution in [3.63, 3.8) is 0 Å². The van der Waals surface area contributed by atoms with Crippen LogP contribution in [0, 0.1) is 11.8 Å². The van der Waals surface area contributed by atoms with Gasteiger partial charge in [-0.05, 0) is 38.0 Å². The first-order valence-corrected chi connectivity index (χ1v) is 8.17. The van der Waals surface area contributed by atoms with Gasteiger partial charge in [-0.15, -0.1) is 12.4 Å². The first-order valence-electron chi connectivity index (χ1n) is 6.56. The summed E-state index contributed by atoms with van der Waals surface area (Å²) in [7, 11) is -3.07. The summed E-state index contributed by atoms with van der Waals surface area (Å²) >= 11 is 0. The van der Waals surface area contributed by atoms with Crippen molar-refractivity contribution in [2.24, 2.45) is 17.6 Å². The van der Waals surface area contributed by atoms with Crippen molar-refractivity contribution < 1.29 is 8.42 Å². The van der Waals surface area contributed by atoms with Crippen LogP contribution in [-0.4, -0.2) is 37.6 Å². The highest BCUT2D eigenvalue weighted by molar-refractivity contribution is 7.89. The van der Waals surface area contributed by atoms with E-state index in [1.165, 1.54) is 0 Å². The molecule has 2 unspecified atom stereocenters. The molecule has 0 aromatic rings. The lowest BCUT2D eigenvalue weighted by Gasteiger charge is -2.33. The van der Waals surface area contributed by atoms with Crippen LogP contribution in [0.4, 0.5) is 0 Å². The molecule has 1 heterocycles. The van der Waals surface area contributed by atoms with Crippen LogP contribution in [0.2, 0.25) is 0 Å². The second kappa shape index (κ2) is 7.68. The van der Waals surface area contributed by atoms with Gasteiger partial charge >= 0.3 is 0 Å². The molecule has 1 saturated heterocycles. The van der Waals surface area contributed by atoms with Gasteiger partial charge < -0.3 is 5.73 Å². The third-order valence-corrected chi connectivity index (χ3v) is 5.38. The Morgan fingerprint density at radius 2 is 1.94 bits per heavy atom. The largest absolute Gasteiger partial charge is 0.328 e. The molecule has 1 aliphatic rings. The van der Waals surface area contributed by atoms with Gasteiger partial charge in [-0.1, -0.05) is 13.8 Å². The number of piperidine rings is 1. The Bertz CT molecular complexity index is 331. The fraction of sp³-hybridized carbons (Fsp3) is 1.00. The van der Waals surface area contributed by atoms with E-state index in [1.54, 1.807) is 4.31 Å². The molecular weight excluding hydrogens is 272 g/mol. The molecule has 6 heteroatoms. The average Bonchev–Trinajstić information content (AvgIpc) is 2.27. The molecule has 1 aliphatic heterocycles. The standard InChI is InChI=1S/C12H26N2O2S.ClH/c1-10(2)6-8-17(15,16)14-7-4-5-12(9-14)11(3)13;/h10-12H,4-9,13H2,1-3H3;1H. The first kappa shape index (κ1) is 18.2. The smallest absolute Gasteiger partial charge is 0.214 e. The summed E-state index contributed by atoms with van der Waals surface area (Å²) in [5.74, 6) is 1.02. The zero-order chi connectivity index (χ0) is 13.1. The normalized spacial score (nSPS) is 23.7. The van der Waals surface area contributed by atoms with Gasteiger partial charge in [0.25, 0.3) is 0 Å². The highest BCUT2D eigenvalue weighted by Gasteiger charge is 2.30. The minimum Gasteiger partial charge on any atom is -0.328 e. The SMILES string of the molecule is CC(C)CCS(=O)(=O)N1CCCC(C(C)N)C1.Cl. The number of sulfonamides is 1. The average molecular weight is 299 g/mol. The van der Waals surface area contributed by atoms with Crippen molar-refractivity contribution in [2.45, 2.75) is 46.1 Å². The molecule has 18 heavy (non-hydrogen) atoms. The maximum absolute atomic E-state index is 12.1. The van der Waals surface area contributed by atoms with Crippen LogP contribution in [0.15, 0.2) is 0 Å². The van der Waals surface area contributed by atoms with Gasteiger partial charge in [-0.2, -0.15) is 0 Å². The Balaban J connectivity index is 0.00000289. The summed E-state index contributed by atoms with van der Waals surface area (Å²) in [6.45, 7) is 7.35. The monoisotopic (exact) mass is 298 g/mol. The lowest BCUT2D eigenvalue weighted by atomic mass is 9.93. The van der Waals surface area contributed by atoms with Crippen molar-refractivity contribution in [3.05, 3.63) is 0 Å². The fourth-order valence-corrected chi connectivity index (χ4v) is 4.02. The van der Waals surface area contributed by atoms with Gasteiger partial charge in [0.05, 0.1) is 5.75 Å². The van der Waals surface area contributed by atoms with Gasteiger partial charge in [-0.3, -0.25) is 0 Å². The lowest BCUT2D eigenvalue weighted by molar-refractivity contribution is 0.243. The molecule has 0 aromatic carbocycles. The summed E-state index contributed by atoms with van der Waals surface area (Å²) in [6.07, 6.45) is 2.72. The molecule has 1 rings (SSSR count). The van der Waals surface area contributed by atoms with Crippen molar-refractivity contribution >= 4 is 22.4 Å². The summed E-state index contributed by atoms with van der Waals surface area (Å²) in [5.41, 5.74) is 5.87. The summed E-state index contributed by atoms with van der Waals surface area (Å²) in [6, 6.07) is 0.0816. The van der Waals surface area contributed by atoms with Crippen molar-refractivity contribution in [1.82, 2.24) is 4.31 Å². The molecule has 0 amide bonds. The molecule has 0 bridgehead atoms. The van der Waals surface area contributed by atoms with Crippen LogP contribution in [0.5, 0.6) is 0 Å². The number of halogens is 1. The summed E-state index contributed by atoms with van der Waals surface area (Å²) in [4.78, 5) is 0. The maximum Gasteiger partial charge on any atom is 0.214 e. The van der Waals surface area contributed by atoms with Gasteiger partial charge in [-0.25, -0.2) is 12.7 Å². The number of nitrogens with two attached hydrogens (primary N) is 1. The van der Waals surface area contributed by atoms with Crippen LogP contribution in [0.3, 0.4) is 0 Å². The molecule has 0 radical (unpaired) electrons. The molecule has 0 aromatic heterocycles. The second-order valence-electron chi connectivity index (χ2n) is 5.62. The molecule has 4 nitrogen and oxygen atoms in total. The molecule has 110 valence electrons. The summed E-state index contributed by atoms with van der Waals surface area (Å²) in [5, 5.41) is 0. The molecule has 0 spiro atoms. The Hall–Kier alpha value is 0.160. The quantitative estimate of drug-likeness (QED) is 0.842. The molecule has 0 saturated carbocycles. The van der Waals surface area contributed by atoms with E-state index < -0.39 is 10.0 Å².